The molecule has 1 unspecified atom stereocenters. The number of benzene rings is 1. The number of rotatable bonds is 6. The lowest BCUT2D eigenvalue weighted by molar-refractivity contribution is 0.494. The van der Waals surface area contributed by atoms with Gasteiger partial charge in [-0.1, -0.05) is 37.9 Å². The standard InChI is InChI=1S/C15H24ClN/c1-5-7-15(17-8-6-2)13-9-11(3)12(4)10-14(13)16/h9-10,15,17H,5-8H2,1-4H3. The van der Waals surface area contributed by atoms with Crippen LogP contribution in [0.5, 0.6) is 0 Å². The average molecular weight is 254 g/mol. The van der Waals surface area contributed by atoms with Crippen molar-refractivity contribution in [2.75, 3.05) is 6.54 Å². The highest BCUT2D eigenvalue weighted by atomic mass is 35.5. The van der Waals surface area contributed by atoms with Gasteiger partial charge in [-0.15, -0.1) is 0 Å². The topological polar surface area (TPSA) is 12.0 Å². The third-order valence-electron chi connectivity index (χ3n) is 3.21. The summed E-state index contributed by atoms with van der Waals surface area (Å²) < 4.78 is 0. The summed E-state index contributed by atoms with van der Waals surface area (Å²) in [6, 6.07) is 4.72. The van der Waals surface area contributed by atoms with Crippen LogP contribution in [0.4, 0.5) is 0 Å². The predicted molar refractivity (Wildman–Crippen MR) is 76.9 cm³/mol. The van der Waals surface area contributed by atoms with Crippen molar-refractivity contribution in [1.29, 1.82) is 0 Å². The van der Waals surface area contributed by atoms with E-state index in [2.05, 4.69) is 45.1 Å². The largest absolute Gasteiger partial charge is 0.310 e. The molecular weight excluding hydrogens is 230 g/mol. The number of nitrogens with one attached hydrogen (secondary N) is 1. The highest BCUT2D eigenvalue weighted by Crippen LogP contribution is 2.29. The summed E-state index contributed by atoms with van der Waals surface area (Å²) in [4.78, 5) is 0. The van der Waals surface area contributed by atoms with E-state index in [1.807, 2.05) is 0 Å². The van der Waals surface area contributed by atoms with Crippen molar-refractivity contribution in [3.05, 3.63) is 33.8 Å². The lowest BCUT2D eigenvalue weighted by Crippen LogP contribution is -2.22. The van der Waals surface area contributed by atoms with E-state index >= 15 is 0 Å². The molecular formula is C15H24ClN. The third kappa shape index (κ3) is 4.01. The summed E-state index contributed by atoms with van der Waals surface area (Å²) in [6.07, 6.45) is 3.47. The Balaban J connectivity index is 2.96. The fourth-order valence-corrected chi connectivity index (χ4v) is 2.40. The van der Waals surface area contributed by atoms with Crippen LogP contribution in [-0.2, 0) is 0 Å². The van der Waals surface area contributed by atoms with Crippen LogP contribution in [0.1, 0.15) is 55.8 Å². The van der Waals surface area contributed by atoms with Gasteiger partial charge in [0.2, 0.25) is 0 Å². The Morgan fingerprint density at radius 3 is 2.35 bits per heavy atom. The van der Waals surface area contributed by atoms with Crippen LogP contribution in [0, 0.1) is 13.8 Å². The molecule has 0 aliphatic rings. The molecule has 1 N–H and O–H groups in total. The monoisotopic (exact) mass is 253 g/mol. The smallest absolute Gasteiger partial charge is 0.0456 e. The molecule has 0 aliphatic carbocycles. The first-order valence-corrected chi connectivity index (χ1v) is 6.98. The first kappa shape index (κ1) is 14.5. The molecule has 0 saturated carbocycles. The van der Waals surface area contributed by atoms with Crippen LogP contribution in [-0.4, -0.2) is 6.54 Å². The van der Waals surface area contributed by atoms with Crippen LogP contribution in [0.25, 0.3) is 0 Å². The van der Waals surface area contributed by atoms with E-state index in [0.717, 1.165) is 24.4 Å². The molecule has 1 aromatic rings. The van der Waals surface area contributed by atoms with Crippen molar-refractivity contribution in [3.8, 4) is 0 Å². The summed E-state index contributed by atoms with van der Waals surface area (Å²) in [5, 5.41) is 4.49. The Hall–Kier alpha value is -0.530. The second kappa shape index (κ2) is 7.03. The average Bonchev–Trinajstić information content (AvgIpc) is 2.29. The molecule has 0 saturated heterocycles. The van der Waals surface area contributed by atoms with E-state index in [1.165, 1.54) is 23.1 Å². The van der Waals surface area contributed by atoms with E-state index in [0.29, 0.717) is 6.04 Å². The van der Waals surface area contributed by atoms with Gasteiger partial charge in [-0.2, -0.15) is 0 Å². The molecule has 0 spiro atoms. The minimum atomic E-state index is 0.395. The Morgan fingerprint density at radius 1 is 1.12 bits per heavy atom. The predicted octanol–water partition coefficient (Wildman–Crippen LogP) is 4.80. The Labute approximate surface area is 111 Å². The molecule has 0 aromatic heterocycles. The van der Waals surface area contributed by atoms with Gasteiger partial charge in [-0.3, -0.25) is 0 Å². The zero-order chi connectivity index (χ0) is 12.8. The van der Waals surface area contributed by atoms with Gasteiger partial charge in [0.15, 0.2) is 0 Å². The second-order valence-corrected chi connectivity index (χ2v) is 5.16. The highest BCUT2D eigenvalue weighted by molar-refractivity contribution is 6.31. The van der Waals surface area contributed by atoms with Gasteiger partial charge >= 0.3 is 0 Å². The van der Waals surface area contributed by atoms with Crippen molar-refractivity contribution >= 4 is 11.6 Å². The SMILES string of the molecule is CCCNC(CCC)c1cc(C)c(C)cc1Cl. The summed E-state index contributed by atoms with van der Waals surface area (Å²) in [6.45, 7) is 9.72. The lowest BCUT2D eigenvalue weighted by atomic mass is 9.98. The number of halogens is 1. The van der Waals surface area contributed by atoms with Gasteiger partial charge in [-0.05, 0) is 56.0 Å². The third-order valence-corrected chi connectivity index (χ3v) is 3.53. The first-order chi connectivity index (χ1) is 8.10. The second-order valence-electron chi connectivity index (χ2n) is 4.75. The number of aryl methyl sites for hydroxylation is 2. The van der Waals surface area contributed by atoms with Gasteiger partial charge in [0, 0.05) is 11.1 Å². The molecule has 0 amide bonds. The van der Waals surface area contributed by atoms with Crippen LogP contribution < -0.4 is 5.32 Å². The first-order valence-electron chi connectivity index (χ1n) is 6.60. The van der Waals surface area contributed by atoms with Gasteiger partial charge in [0.25, 0.3) is 0 Å². The molecule has 1 nitrogen and oxygen atoms in total. The van der Waals surface area contributed by atoms with Crippen molar-refractivity contribution in [2.45, 2.75) is 53.0 Å². The van der Waals surface area contributed by atoms with Crippen LogP contribution in [0.2, 0.25) is 5.02 Å². The maximum absolute atomic E-state index is 6.37. The minimum absolute atomic E-state index is 0.395. The Morgan fingerprint density at radius 2 is 1.76 bits per heavy atom. The van der Waals surface area contributed by atoms with Gasteiger partial charge in [0.05, 0.1) is 0 Å². The fraction of sp³-hybridized carbons (Fsp3) is 0.600. The van der Waals surface area contributed by atoms with E-state index in [1.54, 1.807) is 0 Å². The van der Waals surface area contributed by atoms with Crippen molar-refractivity contribution in [3.63, 3.8) is 0 Å². The van der Waals surface area contributed by atoms with Crippen molar-refractivity contribution < 1.29 is 0 Å². The summed E-state index contributed by atoms with van der Waals surface area (Å²) in [5.74, 6) is 0. The van der Waals surface area contributed by atoms with Gasteiger partial charge in [0.1, 0.15) is 0 Å². The molecule has 0 bridgehead atoms. The molecule has 0 aliphatic heterocycles. The molecule has 2 heteroatoms. The van der Waals surface area contributed by atoms with Crippen LogP contribution >= 0.6 is 11.6 Å². The number of hydrogen-bond acceptors (Lipinski definition) is 1. The summed E-state index contributed by atoms with van der Waals surface area (Å²) in [7, 11) is 0. The fourth-order valence-electron chi connectivity index (χ4n) is 2.05. The van der Waals surface area contributed by atoms with Gasteiger partial charge in [-0.25, -0.2) is 0 Å². The molecule has 0 radical (unpaired) electrons. The minimum Gasteiger partial charge on any atom is -0.310 e. The molecule has 1 atom stereocenters. The Kier molecular flexibility index (Phi) is 6.01. The maximum atomic E-state index is 6.37. The van der Waals surface area contributed by atoms with Gasteiger partial charge < -0.3 is 5.32 Å². The van der Waals surface area contributed by atoms with E-state index in [4.69, 9.17) is 11.6 Å². The van der Waals surface area contributed by atoms with Crippen molar-refractivity contribution in [1.82, 2.24) is 5.32 Å². The zero-order valence-corrected chi connectivity index (χ0v) is 12.2. The summed E-state index contributed by atoms with van der Waals surface area (Å²) in [5.41, 5.74) is 3.85. The van der Waals surface area contributed by atoms with Crippen molar-refractivity contribution in [2.24, 2.45) is 0 Å². The zero-order valence-electron chi connectivity index (χ0n) is 11.4. The van der Waals surface area contributed by atoms with Crippen LogP contribution in [0.3, 0.4) is 0 Å². The van der Waals surface area contributed by atoms with Crippen LogP contribution in [0.15, 0.2) is 12.1 Å². The molecule has 0 heterocycles. The molecule has 0 fully saturated rings. The number of hydrogen-bond donors (Lipinski definition) is 1. The van der Waals surface area contributed by atoms with E-state index in [-0.39, 0.29) is 0 Å². The quantitative estimate of drug-likeness (QED) is 0.768. The molecule has 1 rings (SSSR count). The van der Waals surface area contributed by atoms with E-state index < -0.39 is 0 Å². The Bertz CT molecular complexity index is 360. The molecule has 17 heavy (non-hydrogen) atoms. The molecule has 96 valence electrons. The normalized spacial score (nSPS) is 12.8. The van der Waals surface area contributed by atoms with E-state index in [9.17, 15) is 0 Å². The summed E-state index contributed by atoms with van der Waals surface area (Å²) >= 11 is 6.37. The molecule has 1 aromatic carbocycles. The highest BCUT2D eigenvalue weighted by Gasteiger charge is 2.14. The maximum Gasteiger partial charge on any atom is 0.0456 e. The lowest BCUT2D eigenvalue weighted by Gasteiger charge is -2.20.